The van der Waals surface area contributed by atoms with Crippen molar-refractivity contribution in [3.8, 4) is 0 Å². The van der Waals surface area contributed by atoms with Gasteiger partial charge in [-0.2, -0.15) is 5.10 Å². The van der Waals surface area contributed by atoms with Crippen molar-refractivity contribution in [2.75, 3.05) is 7.11 Å². The van der Waals surface area contributed by atoms with Crippen LogP contribution in [0, 0.1) is 11.8 Å². The molecule has 1 saturated carbocycles. The van der Waals surface area contributed by atoms with E-state index >= 15 is 0 Å². The summed E-state index contributed by atoms with van der Waals surface area (Å²) in [5.74, 6) is 0.0579. The molecule has 0 aromatic carbocycles. The molecule has 0 bridgehead atoms. The zero-order valence-corrected chi connectivity index (χ0v) is 11.0. The topological polar surface area (TPSA) is 61.2 Å². The number of hydrogen-bond acceptors (Lipinski definition) is 4. The molecule has 0 spiro atoms. The van der Waals surface area contributed by atoms with E-state index in [2.05, 4.69) is 11.3 Å². The second-order valence-corrected chi connectivity index (χ2v) is 5.57. The van der Waals surface area contributed by atoms with E-state index in [1.807, 2.05) is 4.68 Å². The minimum absolute atomic E-state index is 0.0268. The van der Waals surface area contributed by atoms with E-state index in [0.717, 1.165) is 44.1 Å². The van der Waals surface area contributed by atoms with Crippen molar-refractivity contribution in [1.29, 1.82) is 0 Å². The van der Waals surface area contributed by atoms with E-state index in [1.54, 1.807) is 0 Å². The first-order chi connectivity index (χ1) is 9.21. The number of rotatable bonds is 3. The maximum Gasteiger partial charge on any atom is 0.308 e. The van der Waals surface area contributed by atoms with Gasteiger partial charge in [0.2, 0.25) is 0 Å². The molecule has 1 unspecified atom stereocenters. The van der Waals surface area contributed by atoms with Gasteiger partial charge >= 0.3 is 5.97 Å². The molecule has 5 nitrogen and oxygen atoms in total. The predicted octanol–water partition coefficient (Wildman–Crippen LogP) is 1.31. The highest BCUT2D eigenvalue weighted by Crippen LogP contribution is 2.39. The molecule has 1 atom stereocenters. The van der Waals surface area contributed by atoms with Crippen LogP contribution in [0.1, 0.15) is 36.6 Å². The van der Waals surface area contributed by atoms with Gasteiger partial charge in [-0.15, -0.1) is 0 Å². The van der Waals surface area contributed by atoms with E-state index in [-0.39, 0.29) is 17.8 Å². The molecule has 0 N–H and O–H groups in total. The number of methoxy groups -OCH3 is 1. The number of carbonyl (C=O) groups excluding carboxylic acids is 2. The Morgan fingerprint density at radius 1 is 1.53 bits per heavy atom. The first kappa shape index (κ1) is 12.4. The number of nitrogens with zero attached hydrogens (tertiary/aromatic N) is 2. The van der Waals surface area contributed by atoms with Gasteiger partial charge in [0.1, 0.15) is 6.29 Å². The van der Waals surface area contributed by atoms with Gasteiger partial charge in [-0.1, -0.05) is 0 Å². The SMILES string of the molecule is COC(=O)[C@H]1C[C@@H](n2cc3c(n2)CCC(C=O)C3)C1. The minimum Gasteiger partial charge on any atom is -0.469 e. The lowest BCUT2D eigenvalue weighted by Crippen LogP contribution is -2.33. The van der Waals surface area contributed by atoms with Crippen molar-refractivity contribution >= 4 is 12.3 Å². The van der Waals surface area contributed by atoms with E-state index in [0.29, 0.717) is 6.04 Å². The maximum absolute atomic E-state index is 11.4. The van der Waals surface area contributed by atoms with Crippen LogP contribution in [0.25, 0.3) is 0 Å². The van der Waals surface area contributed by atoms with E-state index in [4.69, 9.17) is 4.74 Å². The number of carbonyl (C=O) groups is 2. The Morgan fingerprint density at radius 3 is 3.00 bits per heavy atom. The molecular formula is C14H18N2O3. The summed E-state index contributed by atoms with van der Waals surface area (Å²) >= 11 is 0. The van der Waals surface area contributed by atoms with Crippen molar-refractivity contribution < 1.29 is 14.3 Å². The summed E-state index contributed by atoms with van der Waals surface area (Å²) in [5, 5.41) is 4.61. The second kappa shape index (κ2) is 4.79. The van der Waals surface area contributed by atoms with Gasteiger partial charge in [0.05, 0.1) is 24.8 Å². The Morgan fingerprint density at radius 2 is 2.32 bits per heavy atom. The summed E-state index contributed by atoms with van der Waals surface area (Å²) in [5.41, 5.74) is 2.32. The van der Waals surface area contributed by atoms with Crippen LogP contribution in [0.3, 0.4) is 0 Å². The van der Waals surface area contributed by atoms with E-state index in [1.165, 1.54) is 12.7 Å². The van der Waals surface area contributed by atoms with Crippen LogP contribution in [0.4, 0.5) is 0 Å². The third-order valence-electron chi connectivity index (χ3n) is 4.34. The van der Waals surface area contributed by atoms with Crippen LogP contribution < -0.4 is 0 Å². The average molecular weight is 262 g/mol. The fourth-order valence-corrected chi connectivity index (χ4v) is 3.02. The van der Waals surface area contributed by atoms with Crippen LogP contribution in [-0.2, 0) is 27.2 Å². The molecule has 0 amide bonds. The molecule has 3 rings (SSSR count). The van der Waals surface area contributed by atoms with Crippen molar-refractivity contribution in [2.45, 2.75) is 38.1 Å². The van der Waals surface area contributed by atoms with Gasteiger partial charge in [-0.05, 0) is 37.7 Å². The van der Waals surface area contributed by atoms with Gasteiger partial charge in [0, 0.05) is 12.1 Å². The maximum atomic E-state index is 11.4. The minimum atomic E-state index is -0.116. The number of hydrogen-bond donors (Lipinski definition) is 0. The van der Waals surface area contributed by atoms with Gasteiger partial charge in [-0.3, -0.25) is 9.48 Å². The summed E-state index contributed by atoms with van der Waals surface area (Å²) in [6.45, 7) is 0. The van der Waals surface area contributed by atoms with Crippen molar-refractivity contribution in [3.05, 3.63) is 17.5 Å². The van der Waals surface area contributed by atoms with Crippen molar-refractivity contribution in [1.82, 2.24) is 9.78 Å². The molecule has 1 fully saturated rings. The highest BCUT2D eigenvalue weighted by atomic mass is 16.5. The number of aromatic nitrogens is 2. The molecule has 0 aliphatic heterocycles. The lowest BCUT2D eigenvalue weighted by molar-refractivity contribution is -0.149. The molecule has 0 saturated heterocycles. The molecule has 5 heteroatoms. The smallest absolute Gasteiger partial charge is 0.308 e. The number of ether oxygens (including phenoxy) is 1. The summed E-state index contributed by atoms with van der Waals surface area (Å²) in [7, 11) is 1.43. The standard InChI is InChI=1S/C14H18N2O3/c1-19-14(18)10-5-12(6-10)16-7-11-4-9(8-17)2-3-13(11)15-16/h7-10,12H,2-6H2,1H3/t9?,10-,12+. The summed E-state index contributed by atoms with van der Waals surface area (Å²) in [6, 6.07) is 0.310. The Kier molecular flexibility index (Phi) is 3.12. The lowest BCUT2D eigenvalue weighted by atomic mass is 9.80. The highest BCUT2D eigenvalue weighted by Gasteiger charge is 2.37. The summed E-state index contributed by atoms with van der Waals surface area (Å²) in [6.07, 6.45) is 7.34. The zero-order valence-electron chi connectivity index (χ0n) is 11.0. The summed E-state index contributed by atoms with van der Waals surface area (Å²) in [4.78, 5) is 22.2. The first-order valence-electron chi connectivity index (χ1n) is 6.81. The molecule has 1 aromatic rings. The first-order valence-corrected chi connectivity index (χ1v) is 6.81. The van der Waals surface area contributed by atoms with Crippen molar-refractivity contribution in [3.63, 3.8) is 0 Å². The predicted molar refractivity (Wildman–Crippen MR) is 67.6 cm³/mol. The molecule has 2 aliphatic rings. The molecule has 102 valence electrons. The van der Waals surface area contributed by atoms with Crippen LogP contribution in [0.15, 0.2) is 6.20 Å². The molecule has 19 heavy (non-hydrogen) atoms. The fourth-order valence-electron chi connectivity index (χ4n) is 3.02. The average Bonchev–Trinajstić information content (AvgIpc) is 2.78. The summed E-state index contributed by atoms with van der Waals surface area (Å²) < 4.78 is 6.72. The largest absolute Gasteiger partial charge is 0.469 e. The van der Waals surface area contributed by atoms with Crippen LogP contribution >= 0.6 is 0 Å². The Hall–Kier alpha value is -1.65. The molecule has 1 heterocycles. The van der Waals surface area contributed by atoms with Gasteiger partial charge in [0.25, 0.3) is 0 Å². The number of esters is 1. The normalized spacial score (nSPS) is 29.2. The molecule has 0 radical (unpaired) electrons. The molecule has 1 aromatic heterocycles. The Bertz CT molecular complexity index is 503. The fraction of sp³-hybridized carbons (Fsp3) is 0.643. The third kappa shape index (κ3) is 2.17. The number of aldehydes is 1. The number of aryl methyl sites for hydroxylation is 1. The van der Waals surface area contributed by atoms with Gasteiger partial charge < -0.3 is 9.53 Å². The van der Waals surface area contributed by atoms with Crippen LogP contribution in [0.5, 0.6) is 0 Å². The highest BCUT2D eigenvalue weighted by molar-refractivity contribution is 5.73. The third-order valence-corrected chi connectivity index (χ3v) is 4.34. The van der Waals surface area contributed by atoms with Crippen LogP contribution in [0.2, 0.25) is 0 Å². The Labute approximate surface area is 111 Å². The van der Waals surface area contributed by atoms with Crippen LogP contribution in [-0.4, -0.2) is 29.1 Å². The van der Waals surface area contributed by atoms with Gasteiger partial charge in [0.15, 0.2) is 0 Å². The number of fused-ring (bicyclic) bond motifs is 1. The lowest BCUT2D eigenvalue weighted by Gasteiger charge is -2.33. The monoisotopic (exact) mass is 262 g/mol. The van der Waals surface area contributed by atoms with E-state index in [9.17, 15) is 9.59 Å². The Balaban J connectivity index is 1.67. The molecule has 2 aliphatic carbocycles. The van der Waals surface area contributed by atoms with E-state index < -0.39 is 0 Å². The second-order valence-electron chi connectivity index (χ2n) is 5.57. The zero-order chi connectivity index (χ0) is 13.4. The van der Waals surface area contributed by atoms with Gasteiger partial charge in [-0.25, -0.2) is 0 Å². The van der Waals surface area contributed by atoms with Crippen molar-refractivity contribution in [2.24, 2.45) is 11.8 Å². The quantitative estimate of drug-likeness (QED) is 0.608. The molecular weight excluding hydrogens is 244 g/mol.